The molecule has 0 aromatic heterocycles. The van der Waals surface area contributed by atoms with Gasteiger partial charge in [0.25, 0.3) is 10.2 Å². The van der Waals surface area contributed by atoms with Crippen molar-refractivity contribution in [1.82, 2.24) is 8.61 Å². The van der Waals surface area contributed by atoms with Gasteiger partial charge in [-0.2, -0.15) is 30.2 Å². The Hall–Kier alpha value is -0.870. The standard InChI is InChI=1S/C10H17F3N2O4S/c1-2-14(7-10(11,12)13)20(18,19)15-6-4-3-5-8(15)9(16)17/h8H,2-7H2,1H3,(H,16,17). The summed E-state index contributed by atoms with van der Waals surface area (Å²) in [5, 5.41) is 9.01. The molecule has 0 spiro atoms. The third-order valence-electron chi connectivity index (χ3n) is 3.07. The molecule has 0 aliphatic carbocycles. The smallest absolute Gasteiger partial charge is 0.402 e. The van der Waals surface area contributed by atoms with Crippen molar-refractivity contribution in [2.75, 3.05) is 19.6 Å². The lowest BCUT2D eigenvalue weighted by molar-refractivity contribution is -0.142. The van der Waals surface area contributed by atoms with Crippen LogP contribution < -0.4 is 0 Å². The summed E-state index contributed by atoms with van der Waals surface area (Å²) in [4.78, 5) is 11.1. The Balaban J connectivity index is 3.02. The SMILES string of the molecule is CCN(CC(F)(F)F)S(=O)(=O)N1CCCCC1C(=O)O. The van der Waals surface area contributed by atoms with Gasteiger partial charge in [-0.15, -0.1) is 0 Å². The molecule has 0 aromatic rings. The van der Waals surface area contributed by atoms with Gasteiger partial charge in [-0.05, 0) is 19.3 Å². The van der Waals surface area contributed by atoms with Crippen molar-refractivity contribution >= 4 is 16.2 Å². The summed E-state index contributed by atoms with van der Waals surface area (Å²) in [5.41, 5.74) is 0. The molecular formula is C10H17F3N2O4S. The monoisotopic (exact) mass is 318 g/mol. The highest BCUT2D eigenvalue weighted by Gasteiger charge is 2.43. The topological polar surface area (TPSA) is 77.9 Å². The summed E-state index contributed by atoms with van der Waals surface area (Å²) >= 11 is 0. The van der Waals surface area contributed by atoms with Crippen LogP contribution in [0.3, 0.4) is 0 Å². The number of carbonyl (C=O) groups is 1. The van der Waals surface area contributed by atoms with Crippen LogP contribution in [0.15, 0.2) is 0 Å². The molecular weight excluding hydrogens is 301 g/mol. The van der Waals surface area contributed by atoms with Crippen LogP contribution in [0.5, 0.6) is 0 Å². The molecule has 1 N–H and O–H groups in total. The second-order valence-electron chi connectivity index (χ2n) is 4.51. The molecule has 1 aliphatic heterocycles. The zero-order valence-corrected chi connectivity index (χ0v) is 11.7. The van der Waals surface area contributed by atoms with Crippen LogP contribution in [0.4, 0.5) is 13.2 Å². The van der Waals surface area contributed by atoms with E-state index in [0.717, 1.165) is 0 Å². The van der Waals surface area contributed by atoms with Crippen LogP contribution in [0.1, 0.15) is 26.2 Å². The van der Waals surface area contributed by atoms with Gasteiger partial charge in [0.1, 0.15) is 12.6 Å². The predicted molar refractivity (Wildman–Crippen MR) is 64.2 cm³/mol. The van der Waals surface area contributed by atoms with E-state index >= 15 is 0 Å². The minimum Gasteiger partial charge on any atom is -0.480 e. The molecule has 1 rings (SSSR count). The Morgan fingerprint density at radius 3 is 2.45 bits per heavy atom. The fourth-order valence-electron chi connectivity index (χ4n) is 2.13. The highest BCUT2D eigenvalue weighted by atomic mass is 32.2. The van der Waals surface area contributed by atoms with E-state index < -0.39 is 34.9 Å². The molecule has 0 bridgehead atoms. The number of carboxylic acid groups (broad SMARTS) is 1. The van der Waals surface area contributed by atoms with Crippen molar-refractivity contribution in [2.45, 2.75) is 38.4 Å². The maximum atomic E-state index is 12.4. The summed E-state index contributed by atoms with van der Waals surface area (Å²) < 4.78 is 62.5. The van der Waals surface area contributed by atoms with Gasteiger partial charge < -0.3 is 5.11 Å². The lowest BCUT2D eigenvalue weighted by Gasteiger charge is -2.35. The number of nitrogens with zero attached hydrogens (tertiary/aromatic N) is 2. The molecule has 1 unspecified atom stereocenters. The molecule has 1 saturated heterocycles. The molecule has 1 atom stereocenters. The molecule has 6 nitrogen and oxygen atoms in total. The summed E-state index contributed by atoms with van der Waals surface area (Å²) in [6.45, 7) is -0.782. The van der Waals surface area contributed by atoms with Gasteiger partial charge in [-0.1, -0.05) is 6.92 Å². The number of hydrogen-bond acceptors (Lipinski definition) is 3. The van der Waals surface area contributed by atoms with E-state index in [-0.39, 0.29) is 23.8 Å². The van der Waals surface area contributed by atoms with Gasteiger partial charge in [0.15, 0.2) is 0 Å². The van der Waals surface area contributed by atoms with Crippen LogP contribution in [-0.2, 0) is 15.0 Å². The van der Waals surface area contributed by atoms with E-state index in [1.54, 1.807) is 0 Å². The molecule has 1 fully saturated rings. The Bertz CT molecular complexity index is 452. The number of aliphatic carboxylic acids is 1. The zero-order chi connectivity index (χ0) is 15.6. The molecule has 0 amide bonds. The average molecular weight is 318 g/mol. The van der Waals surface area contributed by atoms with Crippen molar-refractivity contribution in [3.63, 3.8) is 0 Å². The number of hydrogen-bond donors (Lipinski definition) is 1. The number of carboxylic acids is 1. The third-order valence-corrected chi connectivity index (χ3v) is 5.14. The van der Waals surface area contributed by atoms with E-state index in [1.807, 2.05) is 0 Å². The maximum absolute atomic E-state index is 12.4. The molecule has 118 valence electrons. The van der Waals surface area contributed by atoms with Crippen molar-refractivity contribution in [3.05, 3.63) is 0 Å². The van der Waals surface area contributed by atoms with Gasteiger partial charge in [0.2, 0.25) is 0 Å². The molecule has 0 saturated carbocycles. The Morgan fingerprint density at radius 2 is 2.00 bits per heavy atom. The van der Waals surface area contributed by atoms with Crippen LogP contribution in [-0.4, -0.2) is 60.0 Å². The predicted octanol–water partition coefficient (Wildman–Crippen LogP) is 1.05. The normalized spacial score (nSPS) is 22.1. The Labute approximate surface area is 115 Å². The Morgan fingerprint density at radius 1 is 1.40 bits per heavy atom. The third kappa shape index (κ3) is 4.06. The summed E-state index contributed by atoms with van der Waals surface area (Å²) in [6.07, 6.45) is -3.59. The van der Waals surface area contributed by atoms with Crippen LogP contribution >= 0.6 is 0 Å². The van der Waals surface area contributed by atoms with Gasteiger partial charge in [-0.25, -0.2) is 0 Å². The highest BCUT2D eigenvalue weighted by Crippen LogP contribution is 2.25. The first kappa shape index (κ1) is 17.2. The minimum atomic E-state index is -4.67. The first-order valence-electron chi connectivity index (χ1n) is 6.16. The molecule has 10 heteroatoms. The summed E-state index contributed by atoms with van der Waals surface area (Å²) in [5.74, 6) is -1.34. The largest absolute Gasteiger partial charge is 0.480 e. The van der Waals surface area contributed by atoms with Crippen LogP contribution in [0.25, 0.3) is 0 Å². The zero-order valence-electron chi connectivity index (χ0n) is 10.9. The fraction of sp³-hybridized carbons (Fsp3) is 0.900. The van der Waals surface area contributed by atoms with Crippen molar-refractivity contribution in [3.8, 4) is 0 Å². The quantitative estimate of drug-likeness (QED) is 0.822. The highest BCUT2D eigenvalue weighted by molar-refractivity contribution is 7.86. The number of alkyl halides is 3. The van der Waals surface area contributed by atoms with E-state index in [4.69, 9.17) is 5.11 Å². The van der Waals surface area contributed by atoms with E-state index in [9.17, 15) is 26.4 Å². The first-order valence-corrected chi connectivity index (χ1v) is 7.55. The van der Waals surface area contributed by atoms with Gasteiger partial charge in [-0.3, -0.25) is 4.79 Å². The molecule has 1 aliphatic rings. The summed E-state index contributed by atoms with van der Waals surface area (Å²) in [7, 11) is -4.44. The Kier molecular flexibility index (Phi) is 5.39. The van der Waals surface area contributed by atoms with E-state index in [1.165, 1.54) is 6.92 Å². The molecule has 0 aromatic carbocycles. The van der Waals surface area contributed by atoms with Crippen molar-refractivity contribution in [2.24, 2.45) is 0 Å². The number of piperidine rings is 1. The van der Waals surface area contributed by atoms with Gasteiger partial charge >= 0.3 is 12.1 Å². The number of halogens is 3. The molecule has 20 heavy (non-hydrogen) atoms. The van der Waals surface area contributed by atoms with Crippen LogP contribution in [0.2, 0.25) is 0 Å². The molecule has 1 heterocycles. The lowest BCUT2D eigenvalue weighted by atomic mass is 10.1. The maximum Gasteiger partial charge on any atom is 0.402 e. The first-order chi connectivity index (χ1) is 9.09. The summed E-state index contributed by atoms with van der Waals surface area (Å²) in [6, 6.07) is -1.30. The van der Waals surface area contributed by atoms with Crippen LogP contribution in [0, 0.1) is 0 Å². The van der Waals surface area contributed by atoms with E-state index in [2.05, 4.69) is 0 Å². The fourth-order valence-corrected chi connectivity index (χ4v) is 3.94. The second-order valence-corrected chi connectivity index (χ2v) is 6.39. The van der Waals surface area contributed by atoms with Gasteiger partial charge in [0.05, 0.1) is 0 Å². The molecule has 0 radical (unpaired) electrons. The minimum absolute atomic E-state index is 0.0757. The van der Waals surface area contributed by atoms with Crippen molar-refractivity contribution in [1.29, 1.82) is 0 Å². The number of rotatable bonds is 5. The second kappa shape index (κ2) is 6.27. The average Bonchev–Trinajstić information content (AvgIpc) is 2.34. The lowest BCUT2D eigenvalue weighted by Crippen LogP contribution is -2.54. The van der Waals surface area contributed by atoms with Crippen molar-refractivity contribution < 1.29 is 31.5 Å². The van der Waals surface area contributed by atoms with Gasteiger partial charge in [0, 0.05) is 13.1 Å². The van der Waals surface area contributed by atoms with E-state index in [0.29, 0.717) is 17.1 Å².